The van der Waals surface area contributed by atoms with Crippen LogP contribution in [-0.4, -0.2) is 30.2 Å². The van der Waals surface area contributed by atoms with Crippen LogP contribution < -0.4 is 0 Å². The number of ether oxygens (including phenoxy) is 1. The number of nitrogens with zero attached hydrogens (tertiary/aromatic N) is 2. The van der Waals surface area contributed by atoms with E-state index in [1.807, 2.05) is 6.07 Å². The lowest BCUT2D eigenvalue weighted by Gasteiger charge is -2.31. The zero-order valence-corrected chi connectivity index (χ0v) is 9.89. The normalized spacial score (nSPS) is 15.6. The van der Waals surface area contributed by atoms with Gasteiger partial charge in [0.15, 0.2) is 5.70 Å². The van der Waals surface area contributed by atoms with Gasteiger partial charge in [0.05, 0.1) is 6.54 Å². The number of hydrogen-bond acceptors (Lipinski definition) is 5. The monoisotopic (exact) mass is 236 g/mol. The molecular weight excluding hydrogens is 220 g/mol. The molecule has 17 heavy (non-hydrogen) atoms. The lowest BCUT2D eigenvalue weighted by atomic mass is 9.85. The van der Waals surface area contributed by atoms with Crippen molar-refractivity contribution < 1.29 is 14.3 Å². The molecule has 92 valence electrons. The third kappa shape index (κ3) is 4.27. The predicted molar refractivity (Wildman–Crippen MR) is 60.4 cm³/mol. The predicted octanol–water partition coefficient (Wildman–Crippen LogP) is 1.22. The van der Waals surface area contributed by atoms with Crippen LogP contribution in [0.4, 0.5) is 0 Å². The maximum atomic E-state index is 10.7. The highest BCUT2D eigenvalue weighted by Crippen LogP contribution is 2.27. The summed E-state index contributed by atoms with van der Waals surface area (Å²) < 4.78 is 4.67. The van der Waals surface area contributed by atoms with Crippen molar-refractivity contribution in [2.75, 3.05) is 13.1 Å². The molecule has 0 spiro atoms. The van der Waals surface area contributed by atoms with Crippen molar-refractivity contribution >= 4 is 12.3 Å². The highest BCUT2D eigenvalue weighted by atomic mass is 16.5. The van der Waals surface area contributed by atoms with Crippen molar-refractivity contribution in [2.24, 2.45) is 5.92 Å². The van der Waals surface area contributed by atoms with Gasteiger partial charge in [0.1, 0.15) is 18.6 Å². The average Bonchev–Trinajstić information content (AvgIpc) is 2.23. The van der Waals surface area contributed by atoms with Crippen molar-refractivity contribution in [3.8, 4) is 6.07 Å². The molecule has 0 aromatic carbocycles. The molecule has 0 aromatic heterocycles. The second-order valence-electron chi connectivity index (χ2n) is 4.09. The van der Waals surface area contributed by atoms with Gasteiger partial charge in [-0.2, -0.15) is 5.26 Å². The van der Waals surface area contributed by atoms with Crippen LogP contribution >= 0.6 is 0 Å². The van der Waals surface area contributed by atoms with Gasteiger partial charge in [-0.3, -0.25) is 4.79 Å². The summed E-state index contributed by atoms with van der Waals surface area (Å²) >= 11 is 0. The molecule has 0 unspecified atom stereocenters. The van der Waals surface area contributed by atoms with Crippen LogP contribution in [0.15, 0.2) is 12.0 Å². The van der Waals surface area contributed by atoms with E-state index in [4.69, 9.17) is 5.26 Å². The van der Waals surface area contributed by atoms with E-state index in [0.29, 0.717) is 12.5 Å². The standard InChI is InChI=1S/C12H16N2O3/c1-10(16)17-9-12(7-13)14(5-6-15)8-11-3-2-4-11/h6,9,11H,2-5,8H2,1H3/b12-9+. The molecule has 1 aliphatic carbocycles. The fourth-order valence-electron chi connectivity index (χ4n) is 1.66. The summed E-state index contributed by atoms with van der Waals surface area (Å²) in [6, 6.07) is 1.95. The fourth-order valence-corrected chi connectivity index (χ4v) is 1.66. The highest BCUT2D eigenvalue weighted by Gasteiger charge is 2.22. The SMILES string of the molecule is CC(=O)O/C=C(\C#N)N(CC=O)CC1CCC1. The van der Waals surface area contributed by atoms with Crippen LogP contribution in [-0.2, 0) is 14.3 Å². The number of nitriles is 1. The van der Waals surface area contributed by atoms with Crippen molar-refractivity contribution in [1.82, 2.24) is 4.90 Å². The van der Waals surface area contributed by atoms with Gasteiger partial charge < -0.3 is 14.4 Å². The zero-order chi connectivity index (χ0) is 12.7. The van der Waals surface area contributed by atoms with E-state index in [9.17, 15) is 9.59 Å². The number of rotatable bonds is 6. The minimum atomic E-state index is -0.479. The molecule has 0 aliphatic heterocycles. The highest BCUT2D eigenvalue weighted by molar-refractivity contribution is 5.66. The van der Waals surface area contributed by atoms with Crippen LogP contribution in [0.25, 0.3) is 0 Å². The molecule has 5 nitrogen and oxygen atoms in total. The molecule has 0 radical (unpaired) electrons. The van der Waals surface area contributed by atoms with Gasteiger partial charge in [-0.1, -0.05) is 6.42 Å². The number of carbonyl (C=O) groups excluding carboxylic acids is 2. The van der Waals surface area contributed by atoms with E-state index in [2.05, 4.69) is 4.74 Å². The fraction of sp³-hybridized carbons (Fsp3) is 0.583. The number of hydrogen-bond donors (Lipinski definition) is 0. The Labute approximate surface area is 101 Å². The summed E-state index contributed by atoms with van der Waals surface area (Å²) in [6.07, 6.45) is 5.32. The molecule has 0 bridgehead atoms. The Hall–Kier alpha value is -1.83. The van der Waals surface area contributed by atoms with Crippen LogP contribution in [0.3, 0.4) is 0 Å². The van der Waals surface area contributed by atoms with Crippen molar-refractivity contribution in [3.05, 3.63) is 12.0 Å². The largest absolute Gasteiger partial charge is 0.432 e. The first kappa shape index (κ1) is 13.2. The quantitative estimate of drug-likeness (QED) is 0.300. The zero-order valence-electron chi connectivity index (χ0n) is 9.89. The van der Waals surface area contributed by atoms with Gasteiger partial charge in [0.2, 0.25) is 0 Å². The summed E-state index contributed by atoms with van der Waals surface area (Å²) in [5.41, 5.74) is 0.221. The lowest BCUT2D eigenvalue weighted by molar-refractivity contribution is -0.135. The second kappa shape index (κ2) is 6.69. The minimum absolute atomic E-state index is 0.150. The molecule has 1 saturated carbocycles. The van der Waals surface area contributed by atoms with E-state index >= 15 is 0 Å². The summed E-state index contributed by atoms with van der Waals surface area (Å²) in [4.78, 5) is 22.9. The van der Waals surface area contributed by atoms with Gasteiger partial charge in [-0.25, -0.2) is 0 Å². The first-order valence-corrected chi connectivity index (χ1v) is 5.63. The Kier molecular flexibility index (Phi) is 5.21. The van der Waals surface area contributed by atoms with Gasteiger partial charge >= 0.3 is 5.97 Å². The molecule has 0 saturated heterocycles. The smallest absolute Gasteiger partial charge is 0.307 e. The van der Waals surface area contributed by atoms with E-state index in [1.165, 1.54) is 13.3 Å². The maximum absolute atomic E-state index is 10.7. The van der Waals surface area contributed by atoms with Crippen molar-refractivity contribution in [3.63, 3.8) is 0 Å². The molecule has 1 fully saturated rings. The van der Waals surface area contributed by atoms with Gasteiger partial charge in [-0.15, -0.1) is 0 Å². The first-order chi connectivity index (χ1) is 8.17. The second-order valence-corrected chi connectivity index (χ2v) is 4.09. The molecule has 0 atom stereocenters. The van der Waals surface area contributed by atoms with Crippen LogP contribution in [0.2, 0.25) is 0 Å². The molecular formula is C12H16N2O3. The molecule has 5 heteroatoms. The maximum Gasteiger partial charge on any atom is 0.307 e. The number of aldehydes is 1. The Balaban J connectivity index is 2.63. The molecule has 0 aromatic rings. The number of allylic oxidation sites excluding steroid dienone is 1. The van der Waals surface area contributed by atoms with Crippen LogP contribution in [0.1, 0.15) is 26.2 Å². The van der Waals surface area contributed by atoms with Gasteiger partial charge in [0.25, 0.3) is 0 Å². The molecule has 0 heterocycles. The molecule has 0 amide bonds. The van der Waals surface area contributed by atoms with Crippen molar-refractivity contribution in [2.45, 2.75) is 26.2 Å². The van der Waals surface area contributed by atoms with Crippen LogP contribution in [0, 0.1) is 17.2 Å². The third-order valence-corrected chi connectivity index (χ3v) is 2.79. The average molecular weight is 236 g/mol. The molecule has 1 aliphatic rings. The van der Waals surface area contributed by atoms with Crippen molar-refractivity contribution in [1.29, 1.82) is 5.26 Å². The Morgan fingerprint density at radius 1 is 1.59 bits per heavy atom. The molecule has 0 N–H and O–H groups in total. The number of carbonyl (C=O) groups is 2. The first-order valence-electron chi connectivity index (χ1n) is 5.63. The van der Waals surface area contributed by atoms with Gasteiger partial charge in [-0.05, 0) is 18.8 Å². The van der Waals surface area contributed by atoms with E-state index in [-0.39, 0.29) is 12.2 Å². The van der Waals surface area contributed by atoms with E-state index < -0.39 is 5.97 Å². The summed E-state index contributed by atoms with van der Waals surface area (Å²) in [6.45, 7) is 2.08. The Morgan fingerprint density at radius 3 is 2.71 bits per heavy atom. The van der Waals surface area contributed by atoms with E-state index in [1.54, 1.807) is 4.90 Å². The third-order valence-electron chi connectivity index (χ3n) is 2.79. The van der Waals surface area contributed by atoms with Crippen LogP contribution in [0.5, 0.6) is 0 Å². The Bertz CT molecular complexity index is 353. The number of esters is 1. The Morgan fingerprint density at radius 2 is 2.29 bits per heavy atom. The van der Waals surface area contributed by atoms with E-state index in [0.717, 1.165) is 25.4 Å². The van der Waals surface area contributed by atoms with Gasteiger partial charge in [0, 0.05) is 13.5 Å². The summed E-state index contributed by atoms with van der Waals surface area (Å²) in [5, 5.41) is 8.97. The lowest BCUT2D eigenvalue weighted by Crippen LogP contribution is -2.33. The summed E-state index contributed by atoms with van der Waals surface area (Å²) in [7, 11) is 0. The summed E-state index contributed by atoms with van der Waals surface area (Å²) in [5.74, 6) is 0.0523. The minimum Gasteiger partial charge on any atom is -0.432 e. The molecule has 1 rings (SSSR count). The topological polar surface area (TPSA) is 70.4 Å².